The molecule has 0 saturated carbocycles. The second-order valence-corrected chi connectivity index (χ2v) is 28.7. The van der Waals surface area contributed by atoms with E-state index in [1.807, 2.05) is 0 Å². The van der Waals surface area contributed by atoms with Crippen LogP contribution in [0.1, 0.15) is 337 Å². The summed E-state index contributed by atoms with van der Waals surface area (Å²) in [5.41, 5.74) is 0. The molecule has 0 radical (unpaired) electrons. The highest BCUT2D eigenvalue weighted by molar-refractivity contribution is 7.47. The van der Waals surface area contributed by atoms with Gasteiger partial charge >= 0.3 is 39.5 Å². The van der Waals surface area contributed by atoms with E-state index in [1.165, 1.54) is 141 Å². The number of phosphoric acid groups is 2. The van der Waals surface area contributed by atoms with E-state index in [1.54, 1.807) is 0 Å². The number of hydrogen-bond acceptors (Lipinski definition) is 15. The van der Waals surface area contributed by atoms with Gasteiger partial charge in [0, 0.05) is 25.7 Å². The fraction of sp³-hybridized carbons (Fsp3) is 0.941. The number of unbranched alkanes of at least 4 members (excludes halogenated alkanes) is 33. The van der Waals surface area contributed by atoms with Crippen LogP contribution in [0.25, 0.3) is 0 Å². The number of carbonyl (C=O) groups is 4. The molecule has 19 heteroatoms. The van der Waals surface area contributed by atoms with Crippen LogP contribution >= 0.6 is 15.6 Å². The fourth-order valence-electron chi connectivity index (χ4n) is 10.2. The highest BCUT2D eigenvalue weighted by Gasteiger charge is 2.30. The molecule has 516 valence electrons. The Hall–Kier alpha value is -1.94. The average molecular weight is 1280 g/mol. The Morgan fingerprint density at radius 3 is 0.874 bits per heavy atom. The van der Waals surface area contributed by atoms with E-state index < -0.39 is 97.5 Å². The zero-order valence-electron chi connectivity index (χ0n) is 56.5. The second-order valence-electron chi connectivity index (χ2n) is 25.8. The first kappa shape index (κ1) is 85.1. The number of esters is 4. The van der Waals surface area contributed by atoms with Crippen LogP contribution in [0.3, 0.4) is 0 Å². The molecule has 0 aliphatic heterocycles. The number of hydrogen-bond donors (Lipinski definition) is 3. The van der Waals surface area contributed by atoms with Crippen molar-refractivity contribution in [3.8, 4) is 0 Å². The second kappa shape index (κ2) is 59.1. The quantitative estimate of drug-likeness (QED) is 0.0222. The van der Waals surface area contributed by atoms with Crippen LogP contribution in [0.4, 0.5) is 0 Å². The summed E-state index contributed by atoms with van der Waals surface area (Å²) in [6.07, 6.45) is 42.0. The maximum atomic E-state index is 13.0. The molecule has 3 N–H and O–H groups in total. The van der Waals surface area contributed by atoms with Gasteiger partial charge in [-0.15, -0.1) is 0 Å². The largest absolute Gasteiger partial charge is 0.472 e. The van der Waals surface area contributed by atoms with Gasteiger partial charge in [-0.05, 0) is 43.4 Å². The molecule has 0 saturated heterocycles. The SMILES string of the molecule is CCCCCCCC(=O)OC[C@H](COP(=O)(O)OC[C@H](O)COP(=O)(O)OC[C@@H](COC(=O)CCCCCCCCCCCCCCC(C)C)OC(=O)CCCCCCCCCCCCCCC(C)C)OC(=O)CCCCCCCCCCC(C)CC. The lowest BCUT2D eigenvalue weighted by molar-refractivity contribution is -0.161. The molecule has 87 heavy (non-hydrogen) atoms. The summed E-state index contributed by atoms with van der Waals surface area (Å²) >= 11 is 0. The minimum absolute atomic E-state index is 0.104. The van der Waals surface area contributed by atoms with Crippen LogP contribution in [0.5, 0.6) is 0 Å². The number of carbonyl (C=O) groups excluding carboxylic acids is 4. The van der Waals surface area contributed by atoms with E-state index in [-0.39, 0.29) is 25.7 Å². The number of rotatable bonds is 66. The minimum atomic E-state index is -4.95. The molecular formula is C68H132O17P2. The molecule has 6 atom stereocenters. The van der Waals surface area contributed by atoms with Crippen LogP contribution in [-0.2, 0) is 65.4 Å². The Bertz CT molecular complexity index is 1720. The van der Waals surface area contributed by atoms with Crippen molar-refractivity contribution in [3.63, 3.8) is 0 Å². The van der Waals surface area contributed by atoms with Crippen molar-refractivity contribution in [2.75, 3.05) is 39.6 Å². The fourth-order valence-corrected chi connectivity index (χ4v) is 11.7. The van der Waals surface area contributed by atoms with Crippen molar-refractivity contribution >= 4 is 39.5 Å². The molecular weight excluding hydrogens is 1150 g/mol. The Kier molecular flexibility index (Phi) is 57.8. The molecule has 0 spiro atoms. The van der Waals surface area contributed by atoms with Gasteiger partial charge in [0.1, 0.15) is 19.3 Å². The van der Waals surface area contributed by atoms with Crippen molar-refractivity contribution in [2.24, 2.45) is 17.8 Å². The van der Waals surface area contributed by atoms with Crippen molar-refractivity contribution < 1.29 is 80.2 Å². The highest BCUT2D eigenvalue weighted by atomic mass is 31.2. The van der Waals surface area contributed by atoms with E-state index in [9.17, 15) is 43.2 Å². The van der Waals surface area contributed by atoms with Crippen LogP contribution in [-0.4, -0.2) is 96.7 Å². The van der Waals surface area contributed by atoms with Gasteiger partial charge in [0.25, 0.3) is 0 Å². The lowest BCUT2D eigenvalue weighted by atomic mass is 9.99. The molecule has 17 nitrogen and oxygen atoms in total. The summed E-state index contributed by atoms with van der Waals surface area (Å²) in [4.78, 5) is 72.2. The first-order valence-electron chi connectivity index (χ1n) is 35.4. The highest BCUT2D eigenvalue weighted by Crippen LogP contribution is 2.45. The standard InChI is InChI=1S/C68H132O17P2/c1-8-10-11-32-42-49-65(70)78-55-63(84-68(73)52-45-38-31-25-24-28-35-41-48-61(7)9-2)57-82-86(74,75)80-53-62(69)54-81-87(76,77)83-58-64(85-67(72)51-44-37-30-23-19-15-13-17-21-27-34-40-47-60(5)6)56-79-66(71)50-43-36-29-22-18-14-12-16-20-26-33-39-46-59(3)4/h59-64,69H,8-58H2,1-7H3,(H,74,75)(H,76,77)/t61?,62-,63+,64+/m0/s1. The average Bonchev–Trinajstić information content (AvgIpc) is 3.69. The van der Waals surface area contributed by atoms with Crippen LogP contribution in [0.15, 0.2) is 0 Å². The van der Waals surface area contributed by atoms with Gasteiger partial charge in [-0.2, -0.15) is 0 Å². The number of aliphatic hydroxyl groups excluding tert-OH is 1. The smallest absolute Gasteiger partial charge is 0.462 e. The molecule has 0 aliphatic rings. The molecule has 0 aliphatic carbocycles. The molecule has 0 amide bonds. The van der Waals surface area contributed by atoms with Crippen molar-refractivity contribution in [2.45, 2.75) is 356 Å². The lowest BCUT2D eigenvalue weighted by Gasteiger charge is -2.21. The van der Waals surface area contributed by atoms with Gasteiger partial charge in [0.2, 0.25) is 0 Å². The molecule has 0 aromatic heterocycles. The van der Waals surface area contributed by atoms with Crippen LogP contribution < -0.4 is 0 Å². The predicted octanol–water partition coefficient (Wildman–Crippen LogP) is 19.1. The molecule has 0 aromatic carbocycles. The van der Waals surface area contributed by atoms with Crippen LogP contribution in [0.2, 0.25) is 0 Å². The maximum Gasteiger partial charge on any atom is 0.472 e. The zero-order chi connectivity index (χ0) is 64.5. The van der Waals surface area contributed by atoms with Crippen molar-refractivity contribution in [1.29, 1.82) is 0 Å². The van der Waals surface area contributed by atoms with Gasteiger partial charge in [0.05, 0.1) is 26.4 Å². The first-order chi connectivity index (χ1) is 41.8. The molecule has 0 aromatic rings. The monoisotopic (exact) mass is 1280 g/mol. The van der Waals surface area contributed by atoms with Crippen LogP contribution in [0, 0.1) is 17.8 Å². The lowest BCUT2D eigenvalue weighted by Crippen LogP contribution is -2.30. The number of aliphatic hydroxyl groups is 1. The zero-order valence-corrected chi connectivity index (χ0v) is 58.3. The maximum absolute atomic E-state index is 13.0. The summed E-state index contributed by atoms with van der Waals surface area (Å²) in [5, 5.41) is 10.5. The van der Waals surface area contributed by atoms with Gasteiger partial charge in [-0.25, -0.2) is 9.13 Å². The van der Waals surface area contributed by atoms with Gasteiger partial charge in [-0.1, -0.05) is 286 Å². The summed E-state index contributed by atoms with van der Waals surface area (Å²) in [7, 11) is -9.89. The molecule has 0 heterocycles. The van der Waals surface area contributed by atoms with E-state index in [0.717, 1.165) is 114 Å². The summed E-state index contributed by atoms with van der Waals surface area (Å²) in [6, 6.07) is 0. The third-order valence-corrected chi connectivity index (χ3v) is 17.9. The van der Waals surface area contributed by atoms with Gasteiger partial charge < -0.3 is 33.8 Å². The Morgan fingerprint density at radius 1 is 0.333 bits per heavy atom. The molecule has 0 bridgehead atoms. The van der Waals surface area contributed by atoms with E-state index in [2.05, 4.69) is 48.5 Å². The van der Waals surface area contributed by atoms with E-state index in [0.29, 0.717) is 25.7 Å². The molecule has 0 fully saturated rings. The number of ether oxygens (including phenoxy) is 4. The third kappa shape index (κ3) is 61.3. The van der Waals surface area contributed by atoms with Gasteiger partial charge in [0.15, 0.2) is 12.2 Å². The Morgan fingerprint density at radius 2 is 0.586 bits per heavy atom. The van der Waals surface area contributed by atoms with Crippen molar-refractivity contribution in [3.05, 3.63) is 0 Å². The summed E-state index contributed by atoms with van der Waals surface area (Å²) in [5.74, 6) is 0.188. The third-order valence-electron chi connectivity index (χ3n) is 16.0. The Labute approximate surface area is 530 Å². The predicted molar refractivity (Wildman–Crippen MR) is 349 cm³/mol. The Balaban J connectivity index is 5.18. The van der Waals surface area contributed by atoms with Crippen molar-refractivity contribution in [1.82, 2.24) is 0 Å². The van der Waals surface area contributed by atoms with E-state index in [4.69, 9.17) is 37.0 Å². The first-order valence-corrected chi connectivity index (χ1v) is 38.4. The van der Waals surface area contributed by atoms with Gasteiger partial charge in [-0.3, -0.25) is 37.3 Å². The molecule has 3 unspecified atom stereocenters. The number of phosphoric ester groups is 2. The summed E-state index contributed by atoms with van der Waals surface area (Å²) < 4.78 is 68.0. The normalized spacial score (nSPS) is 14.6. The van der Waals surface area contributed by atoms with E-state index >= 15 is 0 Å². The topological polar surface area (TPSA) is 237 Å². The summed E-state index contributed by atoms with van der Waals surface area (Å²) in [6.45, 7) is 11.8. The minimum Gasteiger partial charge on any atom is -0.462 e. The molecule has 0 rings (SSSR count).